The topological polar surface area (TPSA) is 71.0 Å². The van der Waals surface area contributed by atoms with Gasteiger partial charge in [-0.3, -0.25) is 9.59 Å². The number of carbonyl (C=O) groups excluding carboxylic acids is 2. The molecule has 0 aliphatic carbocycles. The minimum absolute atomic E-state index is 0.0648. The van der Waals surface area contributed by atoms with Crippen LogP contribution in [0.15, 0.2) is 71.8 Å². The third-order valence-electron chi connectivity index (χ3n) is 5.29. The maximum atomic E-state index is 13.1. The van der Waals surface area contributed by atoms with Gasteiger partial charge in [-0.2, -0.15) is 5.10 Å². The van der Waals surface area contributed by atoms with E-state index < -0.39 is 5.92 Å². The van der Waals surface area contributed by atoms with E-state index in [1.807, 2.05) is 6.07 Å². The number of hydrogen-bond acceptors (Lipinski definition) is 4. The molecule has 0 saturated carbocycles. The number of amides is 2. The minimum atomic E-state index is -0.548. The first-order chi connectivity index (χ1) is 16.4. The molecule has 34 heavy (non-hydrogen) atoms. The molecule has 0 bridgehead atoms. The van der Waals surface area contributed by atoms with Crippen LogP contribution in [0.1, 0.15) is 17.5 Å². The first-order valence-electron chi connectivity index (χ1n) is 10.4. The van der Waals surface area contributed by atoms with Crippen molar-refractivity contribution in [2.24, 2.45) is 11.0 Å². The van der Waals surface area contributed by atoms with Gasteiger partial charge in [-0.05, 0) is 54.1 Å². The highest BCUT2D eigenvalue weighted by Gasteiger charge is 2.35. The summed E-state index contributed by atoms with van der Waals surface area (Å²) in [6, 6.07) is 18.0. The van der Waals surface area contributed by atoms with Gasteiger partial charge in [0.15, 0.2) is 0 Å². The Hall–Kier alpha value is -3.42. The standard InChI is InChI=1S/C25H20Cl2FN3O3/c26-19-5-4-17(23(27)12-19)15-34-22-3-1-2-16(10-22)13-29-30-25(33)18-11-24(32)31(14-18)21-8-6-20(28)7-9-21/h1-10,12-13,18H,11,14-15H2,(H,30,33)/b29-13-/t18-/m1/s1. The number of carbonyl (C=O) groups is 2. The summed E-state index contributed by atoms with van der Waals surface area (Å²) < 4.78 is 18.9. The summed E-state index contributed by atoms with van der Waals surface area (Å²) in [5.41, 5.74) is 4.56. The molecule has 3 aromatic rings. The normalized spacial score (nSPS) is 15.7. The number of benzene rings is 3. The molecule has 1 heterocycles. The first-order valence-corrected chi connectivity index (χ1v) is 11.2. The average Bonchev–Trinajstić information content (AvgIpc) is 3.21. The van der Waals surface area contributed by atoms with Crippen molar-refractivity contribution in [3.63, 3.8) is 0 Å². The fraction of sp³-hybridized carbons (Fsp3) is 0.160. The van der Waals surface area contributed by atoms with Crippen molar-refractivity contribution in [1.29, 1.82) is 0 Å². The summed E-state index contributed by atoms with van der Waals surface area (Å²) in [5, 5.41) is 5.09. The number of anilines is 1. The van der Waals surface area contributed by atoms with Crippen LogP contribution >= 0.6 is 23.2 Å². The molecule has 1 fully saturated rings. The number of hydrogen-bond donors (Lipinski definition) is 1. The first kappa shape index (κ1) is 23.7. The van der Waals surface area contributed by atoms with Crippen LogP contribution in [0.25, 0.3) is 0 Å². The van der Waals surface area contributed by atoms with Gasteiger partial charge in [-0.25, -0.2) is 9.82 Å². The Morgan fingerprint density at radius 3 is 2.71 bits per heavy atom. The van der Waals surface area contributed by atoms with Crippen molar-refractivity contribution in [3.8, 4) is 5.75 Å². The Kier molecular flexibility index (Phi) is 7.45. The predicted octanol–water partition coefficient (Wildman–Crippen LogP) is 5.21. The molecule has 6 nitrogen and oxygen atoms in total. The van der Waals surface area contributed by atoms with Crippen LogP contribution in [0.3, 0.4) is 0 Å². The molecule has 1 atom stereocenters. The van der Waals surface area contributed by atoms with E-state index >= 15 is 0 Å². The highest BCUT2D eigenvalue weighted by atomic mass is 35.5. The van der Waals surface area contributed by atoms with Gasteiger partial charge in [0.25, 0.3) is 0 Å². The number of nitrogens with zero attached hydrogens (tertiary/aromatic N) is 2. The lowest BCUT2D eigenvalue weighted by molar-refractivity contribution is -0.126. The SMILES string of the molecule is O=C(N/N=C\c1cccc(OCc2ccc(Cl)cc2Cl)c1)[C@@H]1CC(=O)N(c2ccc(F)cc2)C1. The minimum Gasteiger partial charge on any atom is -0.489 e. The van der Waals surface area contributed by atoms with Gasteiger partial charge < -0.3 is 9.64 Å². The quantitative estimate of drug-likeness (QED) is 0.358. The van der Waals surface area contributed by atoms with Crippen molar-refractivity contribution in [2.45, 2.75) is 13.0 Å². The Labute approximate surface area is 205 Å². The fourth-order valence-electron chi connectivity index (χ4n) is 3.50. The van der Waals surface area contributed by atoms with Gasteiger partial charge in [0.05, 0.1) is 12.1 Å². The Morgan fingerprint density at radius 2 is 1.94 bits per heavy atom. The van der Waals surface area contributed by atoms with E-state index in [0.29, 0.717) is 21.5 Å². The van der Waals surface area contributed by atoms with Crippen molar-refractivity contribution in [3.05, 3.63) is 93.7 Å². The van der Waals surface area contributed by atoms with Crippen LogP contribution in [0.4, 0.5) is 10.1 Å². The highest BCUT2D eigenvalue weighted by Crippen LogP contribution is 2.26. The van der Waals surface area contributed by atoms with Crippen LogP contribution < -0.4 is 15.1 Å². The second-order valence-corrected chi connectivity index (χ2v) is 8.56. The van der Waals surface area contributed by atoms with E-state index in [2.05, 4.69) is 10.5 Å². The van der Waals surface area contributed by atoms with E-state index in [9.17, 15) is 14.0 Å². The fourth-order valence-corrected chi connectivity index (χ4v) is 3.96. The molecule has 9 heteroatoms. The molecule has 1 N–H and O–H groups in total. The van der Waals surface area contributed by atoms with Crippen molar-refractivity contribution in [2.75, 3.05) is 11.4 Å². The maximum Gasteiger partial charge on any atom is 0.245 e. The molecule has 0 spiro atoms. The summed E-state index contributed by atoms with van der Waals surface area (Å²) >= 11 is 12.1. The number of hydrazone groups is 1. The molecule has 1 aliphatic rings. The summed E-state index contributed by atoms with van der Waals surface area (Å²) in [6.07, 6.45) is 1.56. The van der Waals surface area contributed by atoms with Crippen LogP contribution in [-0.2, 0) is 16.2 Å². The molecule has 3 aromatic carbocycles. The van der Waals surface area contributed by atoms with Crippen LogP contribution in [0.5, 0.6) is 5.75 Å². The predicted molar refractivity (Wildman–Crippen MR) is 130 cm³/mol. The Morgan fingerprint density at radius 1 is 1.15 bits per heavy atom. The maximum absolute atomic E-state index is 13.1. The van der Waals surface area contributed by atoms with Gasteiger partial charge in [0.2, 0.25) is 11.8 Å². The van der Waals surface area contributed by atoms with Gasteiger partial charge in [-0.1, -0.05) is 41.4 Å². The lowest BCUT2D eigenvalue weighted by Gasteiger charge is -2.16. The number of ether oxygens (including phenoxy) is 1. The van der Waals surface area contributed by atoms with Crippen LogP contribution in [0.2, 0.25) is 10.0 Å². The molecular formula is C25H20Cl2FN3O3. The third-order valence-corrected chi connectivity index (χ3v) is 5.88. The average molecular weight is 500 g/mol. The molecule has 174 valence electrons. The zero-order valence-electron chi connectivity index (χ0n) is 17.9. The second kappa shape index (κ2) is 10.7. The van der Waals surface area contributed by atoms with Crippen molar-refractivity contribution in [1.82, 2.24) is 5.43 Å². The van der Waals surface area contributed by atoms with E-state index in [4.69, 9.17) is 27.9 Å². The molecule has 2 amide bonds. The summed E-state index contributed by atoms with van der Waals surface area (Å²) in [6.45, 7) is 0.482. The zero-order chi connectivity index (χ0) is 24.1. The summed E-state index contributed by atoms with van der Waals surface area (Å²) in [5.74, 6) is -0.881. The zero-order valence-corrected chi connectivity index (χ0v) is 19.4. The van der Waals surface area contributed by atoms with Crippen LogP contribution in [0, 0.1) is 11.7 Å². The molecule has 1 saturated heterocycles. The van der Waals surface area contributed by atoms with Crippen molar-refractivity contribution >= 4 is 46.9 Å². The number of halogens is 3. The summed E-state index contributed by atoms with van der Waals surface area (Å²) in [4.78, 5) is 26.3. The molecule has 4 rings (SSSR count). The number of nitrogens with one attached hydrogen (secondary N) is 1. The van der Waals surface area contributed by atoms with E-state index in [0.717, 1.165) is 11.1 Å². The molecule has 0 unspecified atom stereocenters. The molecular weight excluding hydrogens is 480 g/mol. The smallest absolute Gasteiger partial charge is 0.245 e. The highest BCUT2D eigenvalue weighted by molar-refractivity contribution is 6.35. The molecule has 1 aliphatic heterocycles. The molecule has 0 radical (unpaired) electrons. The lowest BCUT2D eigenvalue weighted by Crippen LogP contribution is -2.30. The monoisotopic (exact) mass is 499 g/mol. The Bertz CT molecular complexity index is 1230. The molecule has 0 aromatic heterocycles. The second-order valence-electron chi connectivity index (χ2n) is 7.71. The lowest BCUT2D eigenvalue weighted by atomic mass is 10.1. The van der Waals surface area contributed by atoms with E-state index in [1.165, 1.54) is 35.4 Å². The van der Waals surface area contributed by atoms with Gasteiger partial charge in [0, 0.05) is 34.3 Å². The third kappa shape index (κ3) is 5.92. The van der Waals surface area contributed by atoms with E-state index in [1.54, 1.807) is 36.4 Å². The van der Waals surface area contributed by atoms with E-state index in [-0.39, 0.29) is 37.2 Å². The van der Waals surface area contributed by atoms with Gasteiger partial charge in [-0.15, -0.1) is 0 Å². The Balaban J connectivity index is 1.31. The van der Waals surface area contributed by atoms with Gasteiger partial charge in [0.1, 0.15) is 18.2 Å². The van der Waals surface area contributed by atoms with Crippen LogP contribution in [-0.4, -0.2) is 24.6 Å². The largest absolute Gasteiger partial charge is 0.489 e. The van der Waals surface area contributed by atoms with Gasteiger partial charge >= 0.3 is 0 Å². The summed E-state index contributed by atoms with van der Waals surface area (Å²) in [7, 11) is 0. The number of rotatable bonds is 7. The van der Waals surface area contributed by atoms with Crippen molar-refractivity contribution < 1.29 is 18.7 Å².